The summed E-state index contributed by atoms with van der Waals surface area (Å²) < 4.78 is 0. The fourth-order valence-corrected chi connectivity index (χ4v) is 3.92. The van der Waals surface area contributed by atoms with Crippen LogP contribution in [-0.4, -0.2) is 6.29 Å². The normalized spacial score (nSPS) is 10.9. The van der Waals surface area contributed by atoms with Crippen LogP contribution in [0.5, 0.6) is 0 Å². The van der Waals surface area contributed by atoms with Crippen molar-refractivity contribution in [2.75, 3.05) is 4.90 Å². The van der Waals surface area contributed by atoms with Crippen molar-refractivity contribution in [1.82, 2.24) is 0 Å². The Kier molecular flexibility index (Phi) is 4.30. The molecule has 29 heavy (non-hydrogen) atoms. The Balaban J connectivity index is 1.83. The molecule has 0 aliphatic carbocycles. The average Bonchev–Trinajstić information content (AvgIpc) is 2.80. The number of hydrogen-bond acceptors (Lipinski definition) is 2. The molecule has 0 N–H and O–H groups in total. The van der Waals surface area contributed by atoms with Crippen LogP contribution < -0.4 is 4.90 Å². The third kappa shape index (κ3) is 3.05. The number of aldehydes is 1. The molecule has 0 unspecified atom stereocenters. The molecule has 0 aliphatic heterocycles. The van der Waals surface area contributed by atoms with Crippen LogP contribution in [0.1, 0.15) is 10.4 Å². The first kappa shape index (κ1) is 17.2. The zero-order chi connectivity index (χ0) is 19.6. The molecule has 0 aliphatic rings. The quantitative estimate of drug-likeness (QED) is 0.309. The third-order valence-corrected chi connectivity index (χ3v) is 5.30. The second-order valence-electron chi connectivity index (χ2n) is 7.04. The molecule has 2 nitrogen and oxygen atoms in total. The van der Waals surface area contributed by atoms with Gasteiger partial charge in [0.2, 0.25) is 0 Å². The van der Waals surface area contributed by atoms with E-state index in [4.69, 9.17) is 0 Å². The zero-order valence-electron chi connectivity index (χ0n) is 15.8. The summed E-state index contributed by atoms with van der Waals surface area (Å²) in [6.45, 7) is 0. The maximum absolute atomic E-state index is 11.2. The lowest BCUT2D eigenvalue weighted by molar-refractivity contribution is 0.112. The van der Waals surface area contributed by atoms with Crippen molar-refractivity contribution in [2.45, 2.75) is 0 Å². The van der Waals surface area contributed by atoms with E-state index < -0.39 is 0 Å². The standard InChI is InChI=1S/C27H19NO/c29-19-20-15-17-23(18-16-20)28(26-13-5-9-21-7-1-3-11-24(21)26)27-14-6-10-22-8-2-4-12-25(22)27/h1-19H. The van der Waals surface area contributed by atoms with Crippen molar-refractivity contribution in [3.8, 4) is 0 Å². The molecule has 0 spiro atoms. The summed E-state index contributed by atoms with van der Waals surface area (Å²) in [7, 11) is 0. The van der Waals surface area contributed by atoms with Crippen LogP contribution in [0.25, 0.3) is 21.5 Å². The van der Waals surface area contributed by atoms with E-state index >= 15 is 0 Å². The summed E-state index contributed by atoms with van der Waals surface area (Å²) in [5.74, 6) is 0. The number of hydrogen-bond donors (Lipinski definition) is 0. The fourth-order valence-electron chi connectivity index (χ4n) is 3.92. The van der Waals surface area contributed by atoms with Crippen molar-refractivity contribution < 1.29 is 4.79 Å². The topological polar surface area (TPSA) is 20.3 Å². The van der Waals surface area contributed by atoms with Gasteiger partial charge in [-0.3, -0.25) is 4.79 Å². The second kappa shape index (κ2) is 7.25. The van der Waals surface area contributed by atoms with Gasteiger partial charge in [0, 0.05) is 22.0 Å². The lowest BCUT2D eigenvalue weighted by Crippen LogP contribution is -2.11. The summed E-state index contributed by atoms with van der Waals surface area (Å²) in [5.41, 5.74) is 3.91. The highest BCUT2D eigenvalue weighted by molar-refractivity contribution is 6.04. The Bertz CT molecular complexity index is 1230. The molecule has 0 saturated carbocycles. The van der Waals surface area contributed by atoms with Crippen LogP contribution >= 0.6 is 0 Å². The van der Waals surface area contributed by atoms with Gasteiger partial charge in [-0.1, -0.05) is 72.8 Å². The lowest BCUT2D eigenvalue weighted by atomic mass is 10.0. The molecule has 0 heterocycles. The van der Waals surface area contributed by atoms with Gasteiger partial charge in [-0.15, -0.1) is 0 Å². The zero-order valence-corrected chi connectivity index (χ0v) is 15.8. The Morgan fingerprint density at radius 3 is 1.52 bits per heavy atom. The molecule has 0 saturated heterocycles. The molecule has 0 fully saturated rings. The van der Waals surface area contributed by atoms with Gasteiger partial charge in [0.25, 0.3) is 0 Å². The monoisotopic (exact) mass is 373 g/mol. The molecule has 0 radical (unpaired) electrons. The highest BCUT2D eigenvalue weighted by Crippen LogP contribution is 2.41. The number of benzene rings is 5. The van der Waals surface area contributed by atoms with Gasteiger partial charge in [0.05, 0.1) is 11.4 Å². The molecular weight excluding hydrogens is 354 g/mol. The molecule has 0 aromatic heterocycles. The number of anilines is 3. The largest absolute Gasteiger partial charge is 0.309 e. The highest BCUT2D eigenvalue weighted by Gasteiger charge is 2.17. The molecule has 2 heteroatoms. The smallest absolute Gasteiger partial charge is 0.150 e. The van der Waals surface area contributed by atoms with Crippen molar-refractivity contribution in [3.63, 3.8) is 0 Å². The predicted molar refractivity (Wildman–Crippen MR) is 122 cm³/mol. The van der Waals surface area contributed by atoms with E-state index in [-0.39, 0.29) is 0 Å². The van der Waals surface area contributed by atoms with E-state index in [2.05, 4.69) is 89.8 Å². The van der Waals surface area contributed by atoms with Crippen LogP contribution in [0, 0.1) is 0 Å². The van der Waals surface area contributed by atoms with Crippen LogP contribution in [0.15, 0.2) is 109 Å². The van der Waals surface area contributed by atoms with E-state index in [0.29, 0.717) is 5.56 Å². The summed E-state index contributed by atoms with van der Waals surface area (Å²) >= 11 is 0. The number of carbonyl (C=O) groups is 1. The molecule has 0 bridgehead atoms. The summed E-state index contributed by atoms with van der Waals surface area (Å²) in [6.07, 6.45) is 0.879. The third-order valence-electron chi connectivity index (χ3n) is 5.30. The SMILES string of the molecule is O=Cc1ccc(N(c2cccc3ccccc23)c2cccc3ccccc23)cc1. The Labute approximate surface area is 169 Å². The van der Waals surface area contributed by atoms with Crippen molar-refractivity contribution in [2.24, 2.45) is 0 Å². The number of rotatable bonds is 4. The first-order chi connectivity index (χ1) is 14.3. The van der Waals surface area contributed by atoms with Crippen LogP contribution in [0.4, 0.5) is 17.1 Å². The van der Waals surface area contributed by atoms with Crippen LogP contribution in [-0.2, 0) is 0 Å². The average molecular weight is 373 g/mol. The molecule has 0 atom stereocenters. The van der Waals surface area contributed by atoms with Gasteiger partial charge >= 0.3 is 0 Å². The van der Waals surface area contributed by atoms with Crippen LogP contribution in [0.2, 0.25) is 0 Å². The minimum absolute atomic E-state index is 0.671. The van der Waals surface area contributed by atoms with Crippen molar-refractivity contribution >= 4 is 44.9 Å². The van der Waals surface area contributed by atoms with E-state index in [9.17, 15) is 4.79 Å². The lowest BCUT2D eigenvalue weighted by Gasteiger charge is -2.28. The minimum Gasteiger partial charge on any atom is -0.309 e. The molecule has 0 amide bonds. The van der Waals surface area contributed by atoms with E-state index in [1.807, 2.05) is 24.3 Å². The Morgan fingerprint density at radius 2 is 1.00 bits per heavy atom. The molecule has 5 aromatic carbocycles. The first-order valence-electron chi connectivity index (χ1n) is 9.66. The van der Waals surface area contributed by atoms with E-state index in [1.165, 1.54) is 21.5 Å². The van der Waals surface area contributed by atoms with Gasteiger partial charge < -0.3 is 4.90 Å². The fraction of sp³-hybridized carbons (Fsp3) is 0. The van der Waals surface area contributed by atoms with Crippen LogP contribution in [0.3, 0.4) is 0 Å². The Hall–Kier alpha value is -3.91. The second-order valence-corrected chi connectivity index (χ2v) is 7.04. The summed E-state index contributed by atoms with van der Waals surface area (Å²) in [4.78, 5) is 13.4. The maximum atomic E-state index is 11.2. The van der Waals surface area contributed by atoms with E-state index in [1.54, 1.807) is 0 Å². The first-order valence-corrected chi connectivity index (χ1v) is 9.66. The minimum atomic E-state index is 0.671. The number of fused-ring (bicyclic) bond motifs is 2. The van der Waals surface area contributed by atoms with Gasteiger partial charge in [0.1, 0.15) is 6.29 Å². The highest BCUT2D eigenvalue weighted by atomic mass is 16.1. The van der Waals surface area contributed by atoms with Gasteiger partial charge in [0.15, 0.2) is 0 Å². The maximum Gasteiger partial charge on any atom is 0.150 e. The number of nitrogens with zero attached hydrogens (tertiary/aromatic N) is 1. The molecule has 138 valence electrons. The summed E-state index contributed by atoms with van der Waals surface area (Å²) in [5, 5.41) is 4.75. The van der Waals surface area contributed by atoms with Crippen molar-refractivity contribution in [1.29, 1.82) is 0 Å². The van der Waals surface area contributed by atoms with Gasteiger partial charge in [-0.05, 0) is 47.2 Å². The molecule has 5 aromatic rings. The molecule has 5 rings (SSSR count). The molecular formula is C27H19NO. The summed E-state index contributed by atoms with van der Waals surface area (Å²) in [6, 6.07) is 37.4. The van der Waals surface area contributed by atoms with Gasteiger partial charge in [-0.2, -0.15) is 0 Å². The van der Waals surface area contributed by atoms with Crippen molar-refractivity contribution in [3.05, 3.63) is 115 Å². The Morgan fingerprint density at radius 1 is 0.517 bits per heavy atom. The number of carbonyl (C=O) groups excluding carboxylic acids is 1. The van der Waals surface area contributed by atoms with E-state index in [0.717, 1.165) is 23.3 Å². The predicted octanol–water partition coefficient (Wildman–Crippen LogP) is 7.28. The van der Waals surface area contributed by atoms with Gasteiger partial charge in [-0.25, -0.2) is 0 Å².